The highest BCUT2D eigenvalue weighted by Crippen LogP contribution is 2.37. The van der Waals surface area contributed by atoms with E-state index in [9.17, 15) is 18.8 Å². The Balaban J connectivity index is 1.54. The minimum absolute atomic E-state index is 0.0413. The highest BCUT2D eigenvalue weighted by Gasteiger charge is 2.55. The number of carbonyl (C=O) groups excluding carboxylic acids is 3. The molecule has 182 valence electrons. The van der Waals surface area contributed by atoms with Crippen LogP contribution in [0.5, 0.6) is 0 Å². The monoisotopic (exact) mass is 495 g/mol. The van der Waals surface area contributed by atoms with Crippen molar-refractivity contribution in [3.63, 3.8) is 0 Å². The lowest BCUT2D eigenvalue weighted by Crippen LogP contribution is -2.57. The van der Waals surface area contributed by atoms with E-state index in [1.54, 1.807) is 17.9 Å². The van der Waals surface area contributed by atoms with Crippen molar-refractivity contribution in [1.29, 1.82) is 0 Å². The molecule has 1 N–H and O–H groups in total. The van der Waals surface area contributed by atoms with Gasteiger partial charge in [0.1, 0.15) is 5.54 Å². The van der Waals surface area contributed by atoms with Crippen molar-refractivity contribution < 1.29 is 18.8 Å². The van der Waals surface area contributed by atoms with Gasteiger partial charge in [-0.3, -0.25) is 14.5 Å². The second-order valence-corrected chi connectivity index (χ2v) is 9.28. The number of piperidine rings is 1. The average molecular weight is 496 g/mol. The molecule has 2 fully saturated rings. The quantitative estimate of drug-likeness (QED) is 0.480. The molecule has 2 aliphatic rings. The molecular weight excluding hydrogens is 469 g/mol. The van der Waals surface area contributed by atoms with E-state index >= 15 is 0 Å². The highest BCUT2D eigenvalue weighted by molar-refractivity contribution is 6.31. The van der Waals surface area contributed by atoms with Crippen LogP contribution < -0.4 is 5.32 Å². The van der Waals surface area contributed by atoms with Crippen molar-refractivity contribution in [1.82, 2.24) is 15.1 Å². The van der Waals surface area contributed by atoms with E-state index in [-0.39, 0.29) is 29.0 Å². The van der Waals surface area contributed by atoms with Crippen LogP contribution in [0, 0.1) is 23.6 Å². The van der Waals surface area contributed by atoms with Crippen molar-refractivity contribution in [3.05, 3.63) is 70.5 Å². The van der Waals surface area contributed by atoms with Crippen LogP contribution in [0.1, 0.15) is 42.1 Å². The minimum Gasteiger partial charge on any atom is -0.339 e. The molecule has 0 aliphatic carbocycles. The number of hydrogen-bond donors (Lipinski definition) is 1. The molecule has 35 heavy (non-hydrogen) atoms. The van der Waals surface area contributed by atoms with Crippen LogP contribution in [-0.2, 0) is 11.2 Å². The predicted molar refractivity (Wildman–Crippen MR) is 131 cm³/mol. The van der Waals surface area contributed by atoms with Gasteiger partial charge in [-0.15, -0.1) is 5.92 Å². The first kappa shape index (κ1) is 24.7. The first-order valence-electron chi connectivity index (χ1n) is 11.7. The largest absolute Gasteiger partial charge is 0.339 e. The molecule has 0 aromatic heterocycles. The molecular formula is C27H27ClFN3O3. The summed E-state index contributed by atoms with van der Waals surface area (Å²) in [7, 11) is 0. The Morgan fingerprint density at radius 1 is 1.14 bits per heavy atom. The molecule has 0 saturated carbocycles. The van der Waals surface area contributed by atoms with Crippen LogP contribution >= 0.6 is 11.6 Å². The fraction of sp³-hybridized carbons (Fsp3) is 0.370. The number of amides is 4. The summed E-state index contributed by atoms with van der Waals surface area (Å²) >= 11 is 5.85. The third kappa shape index (κ3) is 4.89. The lowest BCUT2D eigenvalue weighted by atomic mass is 9.74. The Labute approximate surface area is 209 Å². The number of likely N-dealkylation sites (tertiary alicyclic amines) is 1. The fourth-order valence-electron chi connectivity index (χ4n) is 5.00. The molecule has 0 spiro atoms. The second-order valence-electron chi connectivity index (χ2n) is 8.87. The first-order valence-corrected chi connectivity index (χ1v) is 12.1. The Bertz CT molecular complexity index is 1190. The smallest absolute Gasteiger partial charge is 0.325 e. The maximum absolute atomic E-state index is 14.4. The molecule has 0 unspecified atom stereocenters. The van der Waals surface area contributed by atoms with Gasteiger partial charge in [-0.25, -0.2) is 9.18 Å². The molecule has 4 amide bonds. The predicted octanol–water partition coefficient (Wildman–Crippen LogP) is 4.28. The Kier molecular flexibility index (Phi) is 7.42. The van der Waals surface area contributed by atoms with Gasteiger partial charge in [0.2, 0.25) is 0 Å². The van der Waals surface area contributed by atoms with E-state index in [0.717, 1.165) is 5.56 Å². The fourth-order valence-corrected chi connectivity index (χ4v) is 5.17. The topological polar surface area (TPSA) is 69.7 Å². The maximum atomic E-state index is 14.4. The lowest BCUT2D eigenvalue weighted by Gasteiger charge is -2.41. The van der Waals surface area contributed by atoms with Gasteiger partial charge in [0.15, 0.2) is 5.82 Å². The lowest BCUT2D eigenvalue weighted by molar-refractivity contribution is -0.133. The number of imide groups is 1. The second kappa shape index (κ2) is 10.5. The van der Waals surface area contributed by atoms with Crippen LogP contribution in [0.15, 0.2) is 48.5 Å². The summed E-state index contributed by atoms with van der Waals surface area (Å²) in [6.45, 7) is 2.40. The summed E-state index contributed by atoms with van der Waals surface area (Å²) in [5.74, 6) is 3.95. The van der Waals surface area contributed by atoms with Gasteiger partial charge < -0.3 is 10.2 Å². The molecule has 0 radical (unpaired) electrons. The summed E-state index contributed by atoms with van der Waals surface area (Å²) in [4.78, 5) is 42.1. The van der Waals surface area contributed by atoms with Crippen molar-refractivity contribution in [2.75, 3.05) is 19.6 Å². The number of nitrogens with one attached hydrogen (secondary N) is 1. The third-order valence-corrected chi connectivity index (χ3v) is 7.22. The van der Waals surface area contributed by atoms with E-state index < -0.39 is 23.3 Å². The highest BCUT2D eigenvalue weighted by atomic mass is 35.5. The molecule has 4 rings (SSSR count). The Morgan fingerprint density at radius 2 is 1.86 bits per heavy atom. The van der Waals surface area contributed by atoms with Crippen molar-refractivity contribution in [2.45, 2.75) is 38.1 Å². The number of hydrogen-bond acceptors (Lipinski definition) is 3. The van der Waals surface area contributed by atoms with Gasteiger partial charge in [0.05, 0.1) is 17.1 Å². The van der Waals surface area contributed by atoms with Crippen LogP contribution in [0.3, 0.4) is 0 Å². The zero-order valence-electron chi connectivity index (χ0n) is 19.5. The zero-order chi connectivity index (χ0) is 25.0. The maximum Gasteiger partial charge on any atom is 0.325 e. The summed E-state index contributed by atoms with van der Waals surface area (Å²) < 4.78 is 14.4. The number of urea groups is 1. The van der Waals surface area contributed by atoms with Gasteiger partial charge >= 0.3 is 6.03 Å². The number of rotatable bonds is 6. The average Bonchev–Trinajstić information content (AvgIpc) is 3.13. The number of nitrogens with zero attached hydrogens (tertiary/aromatic N) is 2. The molecule has 6 nitrogen and oxygen atoms in total. The van der Waals surface area contributed by atoms with Gasteiger partial charge in [-0.2, -0.15) is 0 Å². The number of benzene rings is 2. The van der Waals surface area contributed by atoms with Crippen LogP contribution in [0.25, 0.3) is 0 Å². The molecule has 2 saturated heterocycles. The zero-order valence-corrected chi connectivity index (χ0v) is 20.3. The molecule has 2 aromatic rings. The summed E-state index contributed by atoms with van der Waals surface area (Å²) in [6.07, 6.45) is 2.07. The molecule has 1 atom stereocenters. The van der Waals surface area contributed by atoms with E-state index in [0.29, 0.717) is 38.8 Å². The van der Waals surface area contributed by atoms with Crippen molar-refractivity contribution in [3.8, 4) is 11.8 Å². The van der Waals surface area contributed by atoms with E-state index in [2.05, 4.69) is 17.2 Å². The standard InChI is InChI=1S/C27H27ClFN3O3/c1-2-3-16-32-25(34)27(30-26(32)35,15-12-19-8-5-4-6-9-19)20-13-17-31(18-14-20)24(33)21-10-7-11-22(28)23(21)29/h4-11,20H,12-18H2,1H3,(H,30,35)/t27-/m0/s1. The van der Waals surface area contributed by atoms with Gasteiger partial charge in [0.25, 0.3) is 11.8 Å². The number of aryl methyl sites for hydroxylation is 1. The van der Waals surface area contributed by atoms with Gasteiger partial charge in [0, 0.05) is 13.1 Å². The molecule has 2 heterocycles. The van der Waals surface area contributed by atoms with Gasteiger partial charge in [-0.05, 0) is 56.2 Å². The Morgan fingerprint density at radius 3 is 2.54 bits per heavy atom. The third-order valence-electron chi connectivity index (χ3n) is 6.93. The SMILES string of the molecule is CC#CCN1C(=O)N[C@@](CCc2ccccc2)(C2CCN(C(=O)c3cccc(Cl)c3F)CC2)C1=O. The van der Waals surface area contributed by atoms with E-state index in [4.69, 9.17) is 11.6 Å². The first-order chi connectivity index (χ1) is 16.9. The van der Waals surface area contributed by atoms with Crippen LogP contribution in [-0.4, -0.2) is 52.8 Å². The Hall–Kier alpha value is -3.37. The number of halogens is 2. The molecule has 0 bridgehead atoms. The summed E-state index contributed by atoms with van der Waals surface area (Å²) in [6, 6.07) is 13.7. The van der Waals surface area contributed by atoms with Gasteiger partial charge in [-0.1, -0.05) is 53.9 Å². The van der Waals surface area contributed by atoms with E-state index in [1.807, 2.05) is 30.3 Å². The van der Waals surface area contributed by atoms with Crippen LogP contribution in [0.4, 0.5) is 9.18 Å². The van der Waals surface area contributed by atoms with Crippen molar-refractivity contribution >= 4 is 29.4 Å². The normalized spacial score (nSPS) is 20.4. The molecule has 8 heteroatoms. The van der Waals surface area contributed by atoms with Crippen molar-refractivity contribution in [2.24, 2.45) is 5.92 Å². The summed E-state index contributed by atoms with van der Waals surface area (Å²) in [5, 5.41) is 2.90. The molecule has 2 aliphatic heterocycles. The minimum atomic E-state index is -1.07. The van der Waals surface area contributed by atoms with E-state index in [1.165, 1.54) is 17.0 Å². The number of carbonyl (C=O) groups is 3. The molecule has 2 aromatic carbocycles. The summed E-state index contributed by atoms with van der Waals surface area (Å²) in [5.41, 5.74) is -0.0622. The van der Waals surface area contributed by atoms with Crippen LogP contribution in [0.2, 0.25) is 5.02 Å².